The Labute approximate surface area is 206 Å². The van der Waals surface area contributed by atoms with Crippen molar-refractivity contribution in [2.24, 2.45) is 11.7 Å². The van der Waals surface area contributed by atoms with Gasteiger partial charge in [0.1, 0.15) is 5.82 Å². The molecule has 0 aliphatic heterocycles. The second-order valence-corrected chi connectivity index (χ2v) is 9.02. The van der Waals surface area contributed by atoms with Crippen LogP contribution < -0.4 is 5.73 Å². The van der Waals surface area contributed by atoms with Gasteiger partial charge in [0, 0.05) is 18.7 Å². The van der Waals surface area contributed by atoms with Gasteiger partial charge >= 0.3 is 0 Å². The lowest BCUT2D eigenvalue weighted by Gasteiger charge is -2.34. The van der Waals surface area contributed by atoms with Gasteiger partial charge in [-0.3, -0.25) is 4.79 Å². The van der Waals surface area contributed by atoms with Crippen LogP contribution in [0.15, 0.2) is 78.9 Å². The molecule has 1 atom stereocenters. The molecule has 4 aromatic rings. The summed E-state index contributed by atoms with van der Waals surface area (Å²) in [6.07, 6.45) is 0.689. The first-order valence-corrected chi connectivity index (χ1v) is 12.0. The van der Waals surface area contributed by atoms with Crippen LogP contribution >= 0.6 is 0 Å². The molecule has 1 amide bonds. The van der Waals surface area contributed by atoms with E-state index < -0.39 is 0 Å². The molecule has 2 N–H and O–H groups in total. The standard InChI is InChI=1S/C29H31N5O/c1-21(2)27(33(19-9-18-30)29(35)23-14-16-24(31-3)17-15-23)28-32-25-12-7-8-13-26(25)34(28)20-22-10-5-4-6-11-22/h4-8,10-17,21,27H,9,18-20,30H2,1-2H3/t27-/m1/s1. The summed E-state index contributed by atoms with van der Waals surface area (Å²) < 4.78 is 2.24. The van der Waals surface area contributed by atoms with E-state index in [1.54, 1.807) is 24.3 Å². The van der Waals surface area contributed by atoms with E-state index in [9.17, 15) is 4.79 Å². The Morgan fingerprint density at radius 2 is 1.71 bits per heavy atom. The molecule has 1 aromatic heterocycles. The van der Waals surface area contributed by atoms with Gasteiger partial charge in [-0.25, -0.2) is 9.83 Å². The van der Waals surface area contributed by atoms with Gasteiger partial charge in [-0.2, -0.15) is 0 Å². The molecule has 35 heavy (non-hydrogen) atoms. The van der Waals surface area contributed by atoms with Gasteiger partial charge in [0.15, 0.2) is 5.69 Å². The first-order valence-electron chi connectivity index (χ1n) is 12.0. The summed E-state index contributed by atoms with van der Waals surface area (Å²) in [7, 11) is 0. The number of para-hydroxylation sites is 2. The average Bonchev–Trinajstić information content (AvgIpc) is 3.24. The minimum atomic E-state index is -0.245. The zero-order valence-corrected chi connectivity index (χ0v) is 20.3. The zero-order chi connectivity index (χ0) is 24.8. The van der Waals surface area contributed by atoms with E-state index in [-0.39, 0.29) is 17.9 Å². The molecule has 6 nitrogen and oxygen atoms in total. The molecule has 0 saturated heterocycles. The fraction of sp³-hybridized carbons (Fsp3) is 0.276. The van der Waals surface area contributed by atoms with Gasteiger partial charge < -0.3 is 15.2 Å². The molecule has 6 heteroatoms. The van der Waals surface area contributed by atoms with Crippen molar-refractivity contribution in [1.29, 1.82) is 0 Å². The second kappa shape index (κ2) is 11.0. The van der Waals surface area contributed by atoms with E-state index >= 15 is 0 Å². The van der Waals surface area contributed by atoms with Crippen LogP contribution in [0.1, 0.15) is 48.1 Å². The van der Waals surface area contributed by atoms with Gasteiger partial charge in [0.2, 0.25) is 0 Å². The van der Waals surface area contributed by atoms with Crippen molar-refractivity contribution in [2.45, 2.75) is 32.9 Å². The highest BCUT2D eigenvalue weighted by Crippen LogP contribution is 2.33. The van der Waals surface area contributed by atoms with Crippen LogP contribution in [0, 0.1) is 12.5 Å². The monoisotopic (exact) mass is 465 g/mol. The number of hydrogen-bond acceptors (Lipinski definition) is 3. The third kappa shape index (κ3) is 5.26. The lowest BCUT2D eigenvalue weighted by Crippen LogP contribution is -2.40. The highest BCUT2D eigenvalue weighted by Gasteiger charge is 2.32. The molecule has 0 radical (unpaired) electrons. The summed E-state index contributed by atoms with van der Waals surface area (Å²) in [5.41, 5.74) is 10.1. The molecule has 0 aliphatic carbocycles. The fourth-order valence-electron chi connectivity index (χ4n) is 4.52. The van der Waals surface area contributed by atoms with Crippen molar-refractivity contribution >= 4 is 22.6 Å². The number of nitrogens with two attached hydrogens (primary N) is 1. The number of nitrogens with zero attached hydrogens (tertiary/aromatic N) is 4. The molecular weight excluding hydrogens is 434 g/mol. The van der Waals surface area contributed by atoms with Gasteiger partial charge in [0.05, 0.1) is 23.6 Å². The van der Waals surface area contributed by atoms with Crippen molar-refractivity contribution in [3.05, 3.63) is 107 Å². The van der Waals surface area contributed by atoms with E-state index in [0.717, 1.165) is 16.9 Å². The fourth-order valence-corrected chi connectivity index (χ4v) is 4.52. The highest BCUT2D eigenvalue weighted by molar-refractivity contribution is 5.95. The van der Waals surface area contributed by atoms with E-state index in [4.69, 9.17) is 17.3 Å². The number of fused-ring (bicyclic) bond motifs is 1. The van der Waals surface area contributed by atoms with Crippen LogP contribution in [0.4, 0.5) is 5.69 Å². The first kappa shape index (κ1) is 24.2. The Morgan fingerprint density at radius 1 is 1.03 bits per heavy atom. The maximum atomic E-state index is 13.8. The van der Waals surface area contributed by atoms with Crippen LogP contribution in [-0.4, -0.2) is 33.4 Å². The largest absolute Gasteiger partial charge is 0.330 e. The summed E-state index contributed by atoms with van der Waals surface area (Å²) >= 11 is 0. The van der Waals surface area contributed by atoms with Gasteiger partial charge in [-0.15, -0.1) is 0 Å². The Kier molecular flexibility index (Phi) is 7.59. The number of benzene rings is 3. The number of aromatic nitrogens is 2. The average molecular weight is 466 g/mol. The van der Waals surface area contributed by atoms with Crippen molar-refractivity contribution < 1.29 is 4.79 Å². The van der Waals surface area contributed by atoms with Crippen molar-refractivity contribution in [3.63, 3.8) is 0 Å². The molecule has 1 heterocycles. The molecule has 0 unspecified atom stereocenters. The number of rotatable bonds is 9. The summed E-state index contributed by atoms with van der Waals surface area (Å²) in [6, 6.07) is 25.0. The normalized spacial score (nSPS) is 12.0. The second-order valence-electron chi connectivity index (χ2n) is 9.02. The lowest BCUT2D eigenvalue weighted by molar-refractivity contribution is 0.0605. The van der Waals surface area contributed by atoms with Gasteiger partial charge in [0.25, 0.3) is 5.91 Å². The van der Waals surface area contributed by atoms with Crippen molar-refractivity contribution in [1.82, 2.24) is 14.5 Å². The minimum Gasteiger partial charge on any atom is -0.330 e. The smallest absolute Gasteiger partial charge is 0.254 e. The van der Waals surface area contributed by atoms with E-state index in [1.165, 1.54) is 5.56 Å². The molecule has 178 valence electrons. The maximum absolute atomic E-state index is 13.8. The van der Waals surface area contributed by atoms with Crippen LogP contribution in [0.5, 0.6) is 0 Å². The molecule has 0 bridgehead atoms. The van der Waals surface area contributed by atoms with Crippen molar-refractivity contribution in [2.75, 3.05) is 13.1 Å². The highest BCUT2D eigenvalue weighted by atomic mass is 16.2. The van der Waals surface area contributed by atoms with Gasteiger partial charge in [-0.1, -0.05) is 80.6 Å². The molecule has 0 spiro atoms. The van der Waals surface area contributed by atoms with Crippen LogP contribution in [0.25, 0.3) is 15.9 Å². The van der Waals surface area contributed by atoms with Crippen LogP contribution in [0.2, 0.25) is 0 Å². The molecule has 4 rings (SSSR count). The van der Waals surface area contributed by atoms with Gasteiger partial charge in [-0.05, 0) is 36.6 Å². The maximum Gasteiger partial charge on any atom is 0.254 e. The summed E-state index contributed by atoms with van der Waals surface area (Å²) in [5.74, 6) is 0.908. The Morgan fingerprint density at radius 3 is 2.37 bits per heavy atom. The Hall–Kier alpha value is -3.95. The van der Waals surface area contributed by atoms with E-state index in [2.05, 4.69) is 41.5 Å². The van der Waals surface area contributed by atoms with Crippen molar-refractivity contribution in [3.8, 4) is 0 Å². The van der Waals surface area contributed by atoms with E-state index in [1.807, 2.05) is 41.3 Å². The Balaban J connectivity index is 1.82. The number of carbonyl (C=O) groups is 1. The molecule has 0 aliphatic rings. The quantitative estimate of drug-likeness (QED) is 0.317. The number of imidazole rings is 1. The first-order chi connectivity index (χ1) is 17.0. The predicted molar refractivity (Wildman–Crippen MR) is 140 cm³/mol. The van der Waals surface area contributed by atoms with Crippen LogP contribution in [-0.2, 0) is 6.54 Å². The third-order valence-corrected chi connectivity index (χ3v) is 6.21. The summed E-state index contributed by atoms with van der Waals surface area (Å²) in [6.45, 7) is 13.1. The number of carbonyl (C=O) groups excluding carboxylic acids is 1. The molecule has 0 fully saturated rings. The minimum absolute atomic E-state index is 0.0769. The predicted octanol–water partition coefficient (Wildman–Crippen LogP) is 5.82. The molecule has 3 aromatic carbocycles. The number of amides is 1. The van der Waals surface area contributed by atoms with E-state index in [0.29, 0.717) is 37.3 Å². The topological polar surface area (TPSA) is 68.5 Å². The summed E-state index contributed by atoms with van der Waals surface area (Å²) in [4.78, 5) is 24.2. The zero-order valence-electron chi connectivity index (χ0n) is 20.3. The van der Waals surface area contributed by atoms with Crippen LogP contribution in [0.3, 0.4) is 0 Å². The molecule has 0 saturated carbocycles. The molecular formula is C29H31N5O. The third-order valence-electron chi connectivity index (χ3n) is 6.21. The number of hydrogen-bond donors (Lipinski definition) is 1. The lowest BCUT2D eigenvalue weighted by atomic mass is 9.99. The SMILES string of the molecule is [C-]#[N+]c1ccc(C(=O)N(CCCN)[C@@H](c2nc3ccccc3n2Cc2ccccc2)C(C)C)cc1. The Bertz CT molecular complexity index is 1320. The summed E-state index contributed by atoms with van der Waals surface area (Å²) in [5, 5.41) is 0.